The highest BCUT2D eigenvalue weighted by Crippen LogP contribution is 2.10. The molecule has 0 spiro atoms. The Labute approximate surface area is 84.0 Å². The molecule has 0 aromatic rings. The third-order valence-electron chi connectivity index (χ3n) is 2.24. The minimum atomic E-state index is -0.379. The van der Waals surface area contributed by atoms with Crippen LogP contribution in [-0.4, -0.2) is 35.8 Å². The van der Waals surface area contributed by atoms with Crippen molar-refractivity contribution in [2.45, 2.75) is 19.9 Å². The summed E-state index contributed by atoms with van der Waals surface area (Å²) in [5.41, 5.74) is 0. The molecule has 4 nitrogen and oxygen atoms in total. The van der Waals surface area contributed by atoms with Gasteiger partial charge in [0.15, 0.2) is 0 Å². The van der Waals surface area contributed by atoms with Crippen molar-refractivity contribution in [2.24, 2.45) is 5.92 Å². The summed E-state index contributed by atoms with van der Waals surface area (Å²) in [4.78, 5) is 24.6. The summed E-state index contributed by atoms with van der Waals surface area (Å²) >= 11 is 0. The molecule has 1 fully saturated rings. The highest BCUT2D eigenvalue weighted by atomic mass is 16.2. The van der Waals surface area contributed by atoms with E-state index in [9.17, 15) is 9.59 Å². The smallest absolute Gasteiger partial charge is 0.246 e. The van der Waals surface area contributed by atoms with Crippen molar-refractivity contribution in [1.82, 2.24) is 10.2 Å². The van der Waals surface area contributed by atoms with E-state index >= 15 is 0 Å². The Balaban J connectivity index is 2.75. The first-order chi connectivity index (χ1) is 6.56. The number of hydrogen-bond acceptors (Lipinski definition) is 2. The number of carbonyl (C=O) groups excluding carboxylic acids is 2. The maximum Gasteiger partial charge on any atom is 0.246 e. The van der Waals surface area contributed by atoms with Crippen molar-refractivity contribution in [3.8, 4) is 0 Å². The van der Waals surface area contributed by atoms with E-state index in [0.717, 1.165) is 0 Å². The van der Waals surface area contributed by atoms with Gasteiger partial charge in [0.25, 0.3) is 0 Å². The van der Waals surface area contributed by atoms with E-state index in [0.29, 0.717) is 6.54 Å². The number of piperazine rings is 1. The van der Waals surface area contributed by atoms with Crippen LogP contribution in [0.4, 0.5) is 0 Å². The number of nitrogens with one attached hydrogen (secondary N) is 1. The molecule has 1 atom stereocenters. The molecule has 1 unspecified atom stereocenters. The van der Waals surface area contributed by atoms with Crippen molar-refractivity contribution in [2.75, 3.05) is 13.1 Å². The Kier molecular flexibility index (Phi) is 3.28. The Bertz CT molecular complexity index is 261. The molecule has 78 valence electrons. The fourth-order valence-electron chi connectivity index (χ4n) is 1.49. The fraction of sp³-hybridized carbons (Fsp3) is 0.600. The topological polar surface area (TPSA) is 49.4 Å². The summed E-state index contributed by atoms with van der Waals surface area (Å²) in [6.07, 6.45) is 1.63. The summed E-state index contributed by atoms with van der Waals surface area (Å²) < 4.78 is 0. The van der Waals surface area contributed by atoms with Crippen molar-refractivity contribution in [3.05, 3.63) is 12.7 Å². The molecule has 0 aromatic carbocycles. The molecule has 1 heterocycles. The van der Waals surface area contributed by atoms with Crippen LogP contribution in [0.15, 0.2) is 12.7 Å². The van der Waals surface area contributed by atoms with Crippen LogP contribution in [0.5, 0.6) is 0 Å². The molecule has 2 amide bonds. The van der Waals surface area contributed by atoms with E-state index in [1.54, 1.807) is 6.08 Å². The number of nitrogens with zero attached hydrogens (tertiary/aromatic N) is 1. The second-order valence-corrected chi connectivity index (χ2v) is 3.80. The first-order valence-corrected chi connectivity index (χ1v) is 4.75. The highest BCUT2D eigenvalue weighted by molar-refractivity contribution is 5.95. The predicted octanol–water partition coefficient (Wildman–Crippen LogP) is 0.155. The zero-order chi connectivity index (χ0) is 10.7. The molecule has 1 rings (SSSR count). The summed E-state index contributed by atoms with van der Waals surface area (Å²) in [7, 11) is 0. The van der Waals surface area contributed by atoms with Crippen molar-refractivity contribution < 1.29 is 9.59 Å². The van der Waals surface area contributed by atoms with Gasteiger partial charge in [-0.2, -0.15) is 0 Å². The van der Waals surface area contributed by atoms with E-state index in [2.05, 4.69) is 11.9 Å². The minimum Gasteiger partial charge on any atom is -0.343 e. The van der Waals surface area contributed by atoms with Crippen LogP contribution < -0.4 is 5.32 Å². The molecule has 0 aliphatic carbocycles. The molecule has 0 radical (unpaired) electrons. The van der Waals surface area contributed by atoms with Crippen LogP contribution in [0, 0.1) is 5.92 Å². The van der Waals surface area contributed by atoms with Gasteiger partial charge in [-0.05, 0) is 5.92 Å². The average Bonchev–Trinajstić information content (AvgIpc) is 2.10. The van der Waals surface area contributed by atoms with Gasteiger partial charge < -0.3 is 10.2 Å². The third kappa shape index (κ3) is 2.13. The zero-order valence-corrected chi connectivity index (χ0v) is 8.62. The Morgan fingerprint density at radius 3 is 2.79 bits per heavy atom. The molecule has 4 heteroatoms. The van der Waals surface area contributed by atoms with Gasteiger partial charge in [-0.25, -0.2) is 0 Å². The molecule has 1 aliphatic heterocycles. The lowest BCUT2D eigenvalue weighted by Crippen LogP contribution is -2.59. The summed E-state index contributed by atoms with van der Waals surface area (Å²) in [6, 6.07) is -0.379. The normalized spacial score (nSPS) is 22.5. The third-order valence-corrected chi connectivity index (χ3v) is 2.24. The molecule has 14 heavy (non-hydrogen) atoms. The number of hydrogen-bond donors (Lipinski definition) is 1. The van der Waals surface area contributed by atoms with E-state index in [1.807, 2.05) is 13.8 Å². The molecule has 1 aliphatic rings. The second kappa shape index (κ2) is 4.26. The van der Waals surface area contributed by atoms with Gasteiger partial charge in [0.2, 0.25) is 11.8 Å². The largest absolute Gasteiger partial charge is 0.343 e. The summed E-state index contributed by atoms with van der Waals surface area (Å²) in [5.74, 6) is 0.0173. The number of rotatable bonds is 3. The molecule has 0 saturated carbocycles. The number of carbonyl (C=O) groups is 2. The molecule has 1 saturated heterocycles. The van der Waals surface area contributed by atoms with E-state index in [4.69, 9.17) is 0 Å². The lowest BCUT2D eigenvalue weighted by Gasteiger charge is -2.33. The predicted molar refractivity (Wildman–Crippen MR) is 53.5 cm³/mol. The Morgan fingerprint density at radius 2 is 2.29 bits per heavy atom. The van der Waals surface area contributed by atoms with Gasteiger partial charge in [-0.1, -0.05) is 19.9 Å². The lowest BCUT2D eigenvalue weighted by molar-refractivity contribution is -0.144. The SMILES string of the molecule is C=CCN1CC(=O)NC(C(C)C)C1=O. The van der Waals surface area contributed by atoms with Crippen LogP contribution in [0.1, 0.15) is 13.8 Å². The van der Waals surface area contributed by atoms with Gasteiger partial charge in [0.05, 0.1) is 6.54 Å². The summed E-state index contributed by atoms with van der Waals surface area (Å²) in [6.45, 7) is 7.98. The van der Waals surface area contributed by atoms with Crippen LogP contribution in [0.3, 0.4) is 0 Å². The van der Waals surface area contributed by atoms with Crippen LogP contribution in [0.2, 0.25) is 0 Å². The first kappa shape index (κ1) is 10.8. The van der Waals surface area contributed by atoms with Crippen LogP contribution in [0.25, 0.3) is 0 Å². The average molecular weight is 196 g/mol. The van der Waals surface area contributed by atoms with Gasteiger partial charge in [0, 0.05) is 6.54 Å². The maximum absolute atomic E-state index is 11.8. The highest BCUT2D eigenvalue weighted by Gasteiger charge is 2.33. The van der Waals surface area contributed by atoms with Crippen molar-refractivity contribution in [3.63, 3.8) is 0 Å². The fourth-order valence-corrected chi connectivity index (χ4v) is 1.49. The Morgan fingerprint density at radius 1 is 1.64 bits per heavy atom. The van der Waals surface area contributed by atoms with Crippen LogP contribution in [-0.2, 0) is 9.59 Å². The van der Waals surface area contributed by atoms with E-state index in [1.165, 1.54) is 4.90 Å². The van der Waals surface area contributed by atoms with Crippen LogP contribution >= 0.6 is 0 Å². The first-order valence-electron chi connectivity index (χ1n) is 4.75. The van der Waals surface area contributed by atoms with Gasteiger partial charge >= 0.3 is 0 Å². The standard InChI is InChI=1S/C10H16N2O2/c1-4-5-12-6-8(13)11-9(7(2)3)10(12)14/h4,7,9H,1,5-6H2,2-3H3,(H,11,13). The molecular weight excluding hydrogens is 180 g/mol. The Hall–Kier alpha value is -1.32. The van der Waals surface area contributed by atoms with E-state index < -0.39 is 0 Å². The molecule has 0 bridgehead atoms. The summed E-state index contributed by atoms with van der Waals surface area (Å²) in [5, 5.41) is 2.69. The zero-order valence-electron chi connectivity index (χ0n) is 8.62. The molecule has 0 aromatic heterocycles. The second-order valence-electron chi connectivity index (χ2n) is 3.80. The minimum absolute atomic E-state index is 0.0144. The molecule has 1 N–H and O–H groups in total. The lowest BCUT2D eigenvalue weighted by atomic mass is 10.0. The molecular formula is C10H16N2O2. The maximum atomic E-state index is 11.8. The van der Waals surface area contributed by atoms with Gasteiger partial charge in [-0.15, -0.1) is 6.58 Å². The van der Waals surface area contributed by atoms with Crippen molar-refractivity contribution in [1.29, 1.82) is 0 Å². The van der Waals surface area contributed by atoms with Gasteiger partial charge in [-0.3, -0.25) is 9.59 Å². The van der Waals surface area contributed by atoms with Gasteiger partial charge in [0.1, 0.15) is 6.04 Å². The van der Waals surface area contributed by atoms with Crippen molar-refractivity contribution >= 4 is 11.8 Å². The monoisotopic (exact) mass is 196 g/mol. The quantitative estimate of drug-likeness (QED) is 0.653. The van der Waals surface area contributed by atoms with E-state index in [-0.39, 0.29) is 30.3 Å². The number of amides is 2.